The van der Waals surface area contributed by atoms with Gasteiger partial charge in [0.1, 0.15) is 0 Å². The van der Waals surface area contributed by atoms with Crippen LogP contribution in [0.2, 0.25) is 0 Å². The molecule has 5 nitrogen and oxygen atoms in total. The number of ether oxygens (including phenoxy) is 1. The molecule has 2 rings (SSSR count). The molecule has 1 aromatic rings. The van der Waals surface area contributed by atoms with E-state index < -0.39 is 10.0 Å². The normalized spacial score (nSPS) is 24.3. The molecule has 18 heavy (non-hydrogen) atoms. The smallest absolute Gasteiger partial charge is 0.240 e. The first-order chi connectivity index (χ1) is 8.49. The van der Waals surface area contributed by atoms with Crippen molar-refractivity contribution in [2.75, 3.05) is 18.9 Å². The Labute approximate surface area is 107 Å². The third-order valence-corrected chi connectivity index (χ3v) is 4.66. The summed E-state index contributed by atoms with van der Waals surface area (Å²) >= 11 is 0. The standard InChI is InChI=1S/C12H18N2O3S/c1-9-10(5-6-17-9)8-14-18(15,16)12-4-2-3-11(13)7-12/h2-4,7,9-10,14H,5-6,8,13H2,1H3. The zero-order valence-electron chi connectivity index (χ0n) is 10.3. The van der Waals surface area contributed by atoms with Crippen LogP contribution in [0.3, 0.4) is 0 Å². The van der Waals surface area contributed by atoms with Crippen LogP contribution in [0.4, 0.5) is 5.69 Å². The maximum Gasteiger partial charge on any atom is 0.240 e. The van der Waals surface area contributed by atoms with Crippen molar-refractivity contribution in [3.8, 4) is 0 Å². The Morgan fingerprint density at radius 2 is 2.28 bits per heavy atom. The van der Waals surface area contributed by atoms with E-state index in [-0.39, 0.29) is 16.9 Å². The van der Waals surface area contributed by atoms with Gasteiger partial charge in [-0.1, -0.05) is 6.07 Å². The lowest BCUT2D eigenvalue weighted by molar-refractivity contribution is 0.107. The van der Waals surface area contributed by atoms with Crippen LogP contribution in [-0.2, 0) is 14.8 Å². The summed E-state index contributed by atoms with van der Waals surface area (Å²) in [6.45, 7) is 3.07. The molecule has 100 valence electrons. The minimum absolute atomic E-state index is 0.105. The van der Waals surface area contributed by atoms with Crippen molar-refractivity contribution in [1.82, 2.24) is 4.72 Å². The van der Waals surface area contributed by atoms with Crippen LogP contribution in [-0.4, -0.2) is 27.7 Å². The summed E-state index contributed by atoms with van der Waals surface area (Å²) in [6.07, 6.45) is 0.995. The average molecular weight is 270 g/mol. The van der Waals surface area contributed by atoms with Gasteiger partial charge in [0.25, 0.3) is 0 Å². The van der Waals surface area contributed by atoms with Gasteiger partial charge in [-0.3, -0.25) is 0 Å². The van der Waals surface area contributed by atoms with Crippen molar-refractivity contribution in [1.29, 1.82) is 0 Å². The van der Waals surface area contributed by atoms with Gasteiger partial charge in [0, 0.05) is 24.8 Å². The van der Waals surface area contributed by atoms with E-state index in [0.29, 0.717) is 18.8 Å². The molecule has 2 atom stereocenters. The molecule has 0 saturated carbocycles. The van der Waals surface area contributed by atoms with Crippen molar-refractivity contribution in [3.63, 3.8) is 0 Å². The van der Waals surface area contributed by atoms with Crippen LogP contribution < -0.4 is 10.5 Å². The molecule has 2 unspecified atom stereocenters. The predicted molar refractivity (Wildman–Crippen MR) is 69.6 cm³/mol. The molecule has 3 N–H and O–H groups in total. The van der Waals surface area contributed by atoms with Gasteiger partial charge in [-0.25, -0.2) is 13.1 Å². The van der Waals surface area contributed by atoms with E-state index >= 15 is 0 Å². The molecule has 1 heterocycles. The maximum atomic E-state index is 12.0. The van der Waals surface area contributed by atoms with Crippen molar-refractivity contribution >= 4 is 15.7 Å². The molecule has 0 radical (unpaired) electrons. The predicted octanol–water partition coefficient (Wildman–Crippen LogP) is 0.972. The van der Waals surface area contributed by atoms with Crippen molar-refractivity contribution in [2.24, 2.45) is 5.92 Å². The average Bonchev–Trinajstić information content (AvgIpc) is 2.72. The Hall–Kier alpha value is -1.11. The molecule has 1 aliphatic rings. The van der Waals surface area contributed by atoms with E-state index in [1.165, 1.54) is 12.1 Å². The van der Waals surface area contributed by atoms with E-state index in [4.69, 9.17) is 10.5 Å². The Morgan fingerprint density at radius 1 is 1.50 bits per heavy atom. The number of benzene rings is 1. The molecule has 1 aromatic carbocycles. The molecule has 1 aliphatic heterocycles. The highest BCUT2D eigenvalue weighted by Gasteiger charge is 2.26. The molecule has 0 amide bonds. The first-order valence-corrected chi connectivity index (χ1v) is 7.44. The number of hydrogen-bond acceptors (Lipinski definition) is 4. The van der Waals surface area contributed by atoms with Crippen LogP contribution in [0.25, 0.3) is 0 Å². The van der Waals surface area contributed by atoms with E-state index in [1.807, 2.05) is 6.92 Å². The van der Waals surface area contributed by atoms with Gasteiger partial charge in [0.2, 0.25) is 10.0 Å². The van der Waals surface area contributed by atoms with Gasteiger partial charge in [-0.2, -0.15) is 0 Å². The Morgan fingerprint density at radius 3 is 2.89 bits per heavy atom. The molecule has 0 aromatic heterocycles. The lowest BCUT2D eigenvalue weighted by atomic mass is 10.0. The minimum Gasteiger partial charge on any atom is -0.399 e. The lowest BCUT2D eigenvalue weighted by Gasteiger charge is -2.15. The highest BCUT2D eigenvalue weighted by atomic mass is 32.2. The highest BCUT2D eigenvalue weighted by Crippen LogP contribution is 2.20. The Bertz CT molecular complexity index is 516. The SMILES string of the molecule is CC1OCCC1CNS(=O)(=O)c1cccc(N)c1. The fraction of sp³-hybridized carbons (Fsp3) is 0.500. The van der Waals surface area contributed by atoms with Crippen LogP contribution >= 0.6 is 0 Å². The number of rotatable bonds is 4. The van der Waals surface area contributed by atoms with E-state index in [2.05, 4.69) is 4.72 Å². The third kappa shape index (κ3) is 3.01. The second-order valence-electron chi connectivity index (χ2n) is 4.55. The van der Waals surface area contributed by atoms with E-state index in [9.17, 15) is 8.42 Å². The summed E-state index contributed by atoms with van der Waals surface area (Å²) < 4.78 is 32.1. The summed E-state index contributed by atoms with van der Waals surface area (Å²) in [4.78, 5) is 0.203. The highest BCUT2D eigenvalue weighted by molar-refractivity contribution is 7.89. The van der Waals surface area contributed by atoms with Gasteiger partial charge in [0.05, 0.1) is 11.0 Å². The third-order valence-electron chi connectivity index (χ3n) is 3.24. The Balaban J connectivity index is 2.03. The second kappa shape index (κ2) is 5.26. The molecule has 0 aliphatic carbocycles. The minimum atomic E-state index is -3.48. The Kier molecular flexibility index (Phi) is 3.89. The van der Waals surface area contributed by atoms with Gasteiger partial charge in [-0.05, 0) is 31.5 Å². The van der Waals surface area contributed by atoms with Gasteiger partial charge >= 0.3 is 0 Å². The molecule has 6 heteroatoms. The molecule has 0 bridgehead atoms. The van der Waals surface area contributed by atoms with Gasteiger partial charge in [0.15, 0.2) is 0 Å². The monoisotopic (exact) mass is 270 g/mol. The van der Waals surface area contributed by atoms with E-state index in [1.54, 1.807) is 12.1 Å². The summed E-state index contributed by atoms with van der Waals surface area (Å²) in [6, 6.07) is 6.28. The van der Waals surface area contributed by atoms with Crippen LogP contribution in [0.15, 0.2) is 29.2 Å². The number of nitrogen functional groups attached to an aromatic ring is 1. The van der Waals surface area contributed by atoms with Crippen LogP contribution in [0.5, 0.6) is 0 Å². The summed E-state index contributed by atoms with van der Waals surface area (Å²) in [7, 11) is -3.48. The van der Waals surface area contributed by atoms with Crippen molar-refractivity contribution in [3.05, 3.63) is 24.3 Å². The van der Waals surface area contributed by atoms with Crippen LogP contribution in [0, 0.1) is 5.92 Å². The first-order valence-electron chi connectivity index (χ1n) is 5.96. The summed E-state index contributed by atoms with van der Waals surface area (Å²) in [5.41, 5.74) is 6.02. The largest absolute Gasteiger partial charge is 0.399 e. The first kappa shape index (κ1) is 13.3. The number of hydrogen-bond donors (Lipinski definition) is 2. The zero-order chi connectivity index (χ0) is 13.2. The number of nitrogens with two attached hydrogens (primary N) is 1. The molecular formula is C12H18N2O3S. The summed E-state index contributed by atoms with van der Waals surface area (Å²) in [5, 5.41) is 0. The molecule has 1 fully saturated rings. The number of anilines is 1. The molecular weight excluding hydrogens is 252 g/mol. The number of nitrogens with one attached hydrogen (secondary N) is 1. The van der Waals surface area contributed by atoms with Crippen molar-refractivity contribution in [2.45, 2.75) is 24.3 Å². The van der Waals surface area contributed by atoms with Crippen molar-refractivity contribution < 1.29 is 13.2 Å². The fourth-order valence-electron chi connectivity index (χ4n) is 2.03. The van der Waals surface area contributed by atoms with Crippen LogP contribution in [0.1, 0.15) is 13.3 Å². The fourth-order valence-corrected chi connectivity index (χ4v) is 3.18. The number of sulfonamides is 1. The molecule has 0 spiro atoms. The topological polar surface area (TPSA) is 81.4 Å². The maximum absolute atomic E-state index is 12.0. The lowest BCUT2D eigenvalue weighted by Crippen LogP contribution is -2.32. The van der Waals surface area contributed by atoms with E-state index in [0.717, 1.165) is 6.42 Å². The zero-order valence-corrected chi connectivity index (χ0v) is 11.1. The summed E-state index contributed by atoms with van der Waals surface area (Å²) in [5.74, 6) is 0.237. The van der Waals surface area contributed by atoms with Gasteiger partial charge in [-0.15, -0.1) is 0 Å². The second-order valence-corrected chi connectivity index (χ2v) is 6.32. The quantitative estimate of drug-likeness (QED) is 0.799. The van der Waals surface area contributed by atoms with Gasteiger partial charge < -0.3 is 10.5 Å². The molecule has 1 saturated heterocycles.